The Morgan fingerprint density at radius 3 is 2.88 bits per heavy atom. The van der Waals surface area contributed by atoms with E-state index in [1.54, 1.807) is 24.1 Å². The maximum atomic E-state index is 11.9. The largest absolute Gasteiger partial charge is 0.394 e. The lowest BCUT2D eigenvalue weighted by molar-refractivity contribution is 0.269. The molecule has 0 saturated heterocycles. The molecular weight excluding hydrogens is 250 g/mol. The Kier molecular flexibility index (Phi) is 2.86. The van der Waals surface area contributed by atoms with Crippen molar-refractivity contribution in [1.82, 2.24) is 0 Å². The van der Waals surface area contributed by atoms with Gasteiger partial charge in [0.25, 0.3) is 0 Å². The molecule has 1 N–H and O–H groups in total. The molecule has 0 aromatic heterocycles. The number of hydrogen-bond acceptors (Lipinski definition) is 4. The van der Waals surface area contributed by atoms with Crippen molar-refractivity contribution >= 4 is 27.1 Å². The first-order valence-electron chi connectivity index (χ1n) is 4.81. The minimum absolute atomic E-state index is 0.0609. The molecule has 6 heteroatoms. The summed E-state index contributed by atoms with van der Waals surface area (Å²) in [5.41, 5.74) is 0.554. The van der Waals surface area contributed by atoms with Gasteiger partial charge in [-0.1, -0.05) is 11.6 Å². The van der Waals surface area contributed by atoms with Crippen molar-refractivity contribution in [3.63, 3.8) is 0 Å². The number of aliphatic hydroxyl groups excluding tert-OH is 1. The molecule has 1 aromatic carbocycles. The highest BCUT2D eigenvalue weighted by Gasteiger charge is 2.33. The second-order valence-corrected chi connectivity index (χ2v) is 6.28. The number of sulfone groups is 1. The second-order valence-electron chi connectivity index (χ2n) is 3.84. The molecule has 0 saturated carbocycles. The van der Waals surface area contributed by atoms with Gasteiger partial charge in [0.05, 0.1) is 29.0 Å². The van der Waals surface area contributed by atoms with Crippen LogP contribution in [0.5, 0.6) is 0 Å². The van der Waals surface area contributed by atoms with E-state index in [-0.39, 0.29) is 17.3 Å². The zero-order valence-corrected chi connectivity index (χ0v) is 10.3. The number of halogens is 1. The Labute approximate surface area is 99.4 Å². The van der Waals surface area contributed by atoms with E-state index in [0.29, 0.717) is 10.7 Å². The van der Waals surface area contributed by atoms with Crippen LogP contribution in [0.15, 0.2) is 23.1 Å². The minimum atomic E-state index is -3.31. The molecule has 4 nitrogen and oxygen atoms in total. The predicted molar refractivity (Wildman–Crippen MR) is 62.8 cm³/mol. The lowest BCUT2D eigenvalue weighted by Gasteiger charge is -2.34. The lowest BCUT2D eigenvalue weighted by Crippen LogP contribution is -2.44. The summed E-state index contributed by atoms with van der Waals surface area (Å²) in [6, 6.07) is 4.27. The lowest BCUT2D eigenvalue weighted by atomic mass is 10.2. The first kappa shape index (κ1) is 11.7. The minimum Gasteiger partial charge on any atom is -0.394 e. The molecule has 0 fully saturated rings. The van der Waals surface area contributed by atoms with E-state index >= 15 is 0 Å². The van der Waals surface area contributed by atoms with Crippen LogP contribution in [-0.4, -0.2) is 39.0 Å². The molecule has 1 unspecified atom stereocenters. The van der Waals surface area contributed by atoms with Crippen molar-refractivity contribution in [3.05, 3.63) is 23.2 Å². The smallest absolute Gasteiger partial charge is 0.182 e. The van der Waals surface area contributed by atoms with Gasteiger partial charge in [0.2, 0.25) is 0 Å². The Balaban J connectivity index is 2.63. The van der Waals surface area contributed by atoms with Crippen molar-refractivity contribution in [1.29, 1.82) is 0 Å². The third kappa shape index (κ3) is 1.79. The average Bonchev–Trinajstić information content (AvgIpc) is 2.23. The highest BCUT2D eigenvalue weighted by atomic mass is 35.5. The van der Waals surface area contributed by atoms with E-state index < -0.39 is 15.9 Å². The van der Waals surface area contributed by atoms with Crippen LogP contribution in [-0.2, 0) is 9.84 Å². The maximum absolute atomic E-state index is 11.9. The summed E-state index contributed by atoms with van der Waals surface area (Å²) in [4.78, 5) is 2.03. The molecule has 0 amide bonds. The first-order valence-corrected chi connectivity index (χ1v) is 6.85. The molecule has 0 radical (unpaired) electrons. The zero-order chi connectivity index (χ0) is 11.9. The molecule has 1 atom stereocenters. The van der Waals surface area contributed by atoms with E-state index in [1.807, 2.05) is 0 Å². The number of rotatable bonds is 1. The first-order chi connectivity index (χ1) is 7.45. The fourth-order valence-corrected chi connectivity index (χ4v) is 3.83. The molecule has 88 valence electrons. The van der Waals surface area contributed by atoms with E-state index in [1.165, 1.54) is 6.07 Å². The van der Waals surface area contributed by atoms with Crippen molar-refractivity contribution in [2.24, 2.45) is 0 Å². The molecule has 0 bridgehead atoms. The summed E-state index contributed by atoms with van der Waals surface area (Å²) in [5.74, 6) is -0.0609. The monoisotopic (exact) mass is 261 g/mol. The number of fused-ring (bicyclic) bond motifs is 1. The SMILES string of the molecule is CN1c2cc(Cl)ccc2S(=O)(=O)CC1CO. The van der Waals surface area contributed by atoms with Gasteiger partial charge in [-0.25, -0.2) is 8.42 Å². The maximum Gasteiger partial charge on any atom is 0.182 e. The van der Waals surface area contributed by atoms with Crippen LogP contribution in [0.3, 0.4) is 0 Å². The fourth-order valence-electron chi connectivity index (χ4n) is 1.86. The fraction of sp³-hybridized carbons (Fsp3) is 0.400. The topological polar surface area (TPSA) is 57.6 Å². The van der Waals surface area contributed by atoms with Gasteiger partial charge < -0.3 is 10.0 Å². The molecule has 1 aliphatic heterocycles. The van der Waals surface area contributed by atoms with Crippen LogP contribution < -0.4 is 4.90 Å². The molecular formula is C10H12ClNO3S. The number of anilines is 1. The average molecular weight is 262 g/mol. The highest BCUT2D eigenvalue weighted by molar-refractivity contribution is 7.91. The van der Waals surface area contributed by atoms with Crippen molar-refractivity contribution in [3.8, 4) is 0 Å². The number of nitrogens with zero attached hydrogens (tertiary/aromatic N) is 1. The Morgan fingerprint density at radius 1 is 1.56 bits per heavy atom. The van der Waals surface area contributed by atoms with Crippen molar-refractivity contribution in [2.45, 2.75) is 10.9 Å². The summed E-state index contributed by atoms with van der Waals surface area (Å²) >= 11 is 5.84. The summed E-state index contributed by atoms with van der Waals surface area (Å²) in [6.45, 7) is -0.193. The predicted octanol–water partition coefficient (Wildman–Crippen LogP) is 0.924. The van der Waals surface area contributed by atoms with Gasteiger partial charge in [-0.15, -0.1) is 0 Å². The number of likely N-dealkylation sites (N-methyl/N-ethyl adjacent to an activating group) is 1. The Hall–Kier alpha value is -0.780. The third-order valence-electron chi connectivity index (χ3n) is 2.81. The van der Waals surface area contributed by atoms with Crippen LogP contribution in [0.2, 0.25) is 5.02 Å². The van der Waals surface area contributed by atoms with Crippen LogP contribution in [0.1, 0.15) is 0 Å². The van der Waals surface area contributed by atoms with Gasteiger partial charge in [0.15, 0.2) is 9.84 Å². The number of hydrogen-bond donors (Lipinski definition) is 1. The zero-order valence-electron chi connectivity index (χ0n) is 8.72. The standard InChI is InChI=1S/C10H12ClNO3S/c1-12-8(5-13)6-16(14,15)10-3-2-7(11)4-9(10)12/h2-4,8,13H,5-6H2,1H3. The molecule has 1 aliphatic rings. The molecule has 16 heavy (non-hydrogen) atoms. The van der Waals surface area contributed by atoms with Crippen LogP contribution in [0.25, 0.3) is 0 Å². The summed E-state index contributed by atoms with van der Waals surface area (Å²) in [7, 11) is -1.56. The quantitative estimate of drug-likeness (QED) is 0.817. The third-order valence-corrected chi connectivity index (χ3v) is 4.88. The molecule has 0 spiro atoms. The highest BCUT2D eigenvalue weighted by Crippen LogP contribution is 2.34. The normalized spacial score (nSPS) is 22.9. The van der Waals surface area contributed by atoms with Crippen molar-refractivity contribution < 1.29 is 13.5 Å². The number of benzene rings is 1. The summed E-state index contributed by atoms with van der Waals surface area (Å²) in [6.07, 6.45) is 0. The Bertz CT molecular complexity index is 515. The number of aliphatic hydroxyl groups is 1. The van der Waals surface area contributed by atoms with Gasteiger partial charge in [-0.2, -0.15) is 0 Å². The second kappa shape index (κ2) is 3.91. The van der Waals surface area contributed by atoms with Gasteiger partial charge in [-0.3, -0.25) is 0 Å². The Morgan fingerprint density at radius 2 is 2.25 bits per heavy atom. The molecule has 0 aliphatic carbocycles. The van der Waals surface area contributed by atoms with Crippen LogP contribution in [0, 0.1) is 0 Å². The van der Waals surface area contributed by atoms with Gasteiger partial charge in [0.1, 0.15) is 0 Å². The molecule has 2 rings (SSSR count). The summed E-state index contributed by atoms with van der Waals surface area (Å²) < 4.78 is 23.8. The van der Waals surface area contributed by atoms with E-state index in [2.05, 4.69) is 0 Å². The van der Waals surface area contributed by atoms with Gasteiger partial charge in [-0.05, 0) is 18.2 Å². The van der Waals surface area contributed by atoms with Crippen LogP contribution in [0.4, 0.5) is 5.69 Å². The van der Waals surface area contributed by atoms with Crippen molar-refractivity contribution in [2.75, 3.05) is 24.3 Å². The van der Waals surface area contributed by atoms with E-state index in [0.717, 1.165) is 0 Å². The molecule has 1 heterocycles. The van der Waals surface area contributed by atoms with E-state index in [4.69, 9.17) is 16.7 Å². The summed E-state index contributed by atoms with van der Waals surface area (Å²) in [5, 5.41) is 9.63. The molecule has 1 aromatic rings. The van der Waals surface area contributed by atoms with Gasteiger partial charge >= 0.3 is 0 Å². The van der Waals surface area contributed by atoms with E-state index in [9.17, 15) is 8.42 Å². The van der Waals surface area contributed by atoms with Crippen LogP contribution >= 0.6 is 11.6 Å². The van der Waals surface area contributed by atoms with Gasteiger partial charge in [0, 0.05) is 12.1 Å².